The number of amides is 1. The number of hydrazone groups is 1. The van der Waals surface area contributed by atoms with Crippen LogP contribution in [0.5, 0.6) is 0 Å². The van der Waals surface area contributed by atoms with Gasteiger partial charge in [-0.05, 0) is 18.3 Å². The molecular formula is C9H8CuN4OS. The molecule has 87 valence electrons. The van der Waals surface area contributed by atoms with Gasteiger partial charge in [-0.15, -0.1) is 0 Å². The Kier molecular flexibility index (Phi) is 4.00. The summed E-state index contributed by atoms with van der Waals surface area (Å²) in [6, 6.07) is 7.27. The zero-order chi connectivity index (χ0) is 10.8. The van der Waals surface area contributed by atoms with E-state index < -0.39 is 0 Å². The van der Waals surface area contributed by atoms with Gasteiger partial charge in [0.05, 0.1) is 5.69 Å². The van der Waals surface area contributed by atoms with Crippen LogP contribution in [0.3, 0.4) is 0 Å². The van der Waals surface area contributed by atoms with Crippen LogP contribution < -0.4 is 16.5 Å². The van der Waals surface area contributed by atoms with Gasteiger partial charge in [0.15, 0.2) is 10.8 Å². The molecule has 1 heterocycles. The SMILES string of the molecule is NC(=S)NN=C1C(=O)Nc2ccccc21.[Cu]. The normalized spacial score (nSPS) is 15.0. The summed E-state index contributed by atoms with van der Waals surface area (Å²) < 4.78 is 0. The minimum atomic E-state index is -0.264. The molecule has 5 nitrogen and oxygen atoms in total. The Hall–Kier alpha value is -1.43. The number of nitrogens with two attached hydrogens (primary N) is 1. The molecule has 1 radical (unpaired) electrons. The standard InChI is InChI=1S/C9H8N4OS.Cu/c10-9(15)13-12-7-5-3-1-2-4-6(5)11-8(7)14;/h1-4H,(H3,10,13,15)(H,11,12,14);. The third-order valence-electron chi connectivity index (χ3n) is 1.92. The van der Waals surface area contributed by atoms with Gasteiger partial charge in [-0.2, -0.15) is 5.10 Å². The number of hydrogen-bond acceptors (Lipinski definition) is 3. The molecular weight excluding hydrogens is 276 g/mol. The topological polar surface area (TPSA) is 79.5 Å². The van der Waals surface area contributed by atoms with E-state index in [1.54, 1.807) is 12.1 Å². The Morgan fingerprint density at radius 3 is 2.81 bits per heavy atom. The Morgan fingerprint density at radius 2 is 2.12 bits per heavy atom. The molecule has 0 saturated heterocycles. The van der Waals surface area contributed by atoms with Crippen molar-refractivity contribution in [2.45, 2.75) is 0 Å². The molecule has 7 heteroatoms. The van der Waals surface area contributed by atoms with E-state index in [1.165, 1.54) is 0 Å². The number of rotatable bonds is 1. The van der Waals surface area contributed by atoms with Gasteiger partial charge in [0.1, 0.15) is 0 Å². The summed E-state index contributed by atoms with van der Waals surface area (Å²) in [5.74, 6) is -0.264. The molecule has 1 aromatic rings. The summed E-state index contributed by atoms with van der Waals surface area (Å²) in [4.78, 5) is 11.5. The maximum atomic E-state index is 11.5. The van der Waals surface area contributed by atoms with E-state index in [0.717, 1.165) is 11.3 Å². The molecule has 2 rings (SSSR count). The number of carbonyl (C=O) groups excluding carboxylic acids is 1. The van der Waals surface area contributed by atoms with Gasteiger partial charge >= 0.3 is 0 Å². The van der Waals surface area contributed by atoms with Crippen molar-refractivity contribution in [3.8, 4) is 0 Å². The van der Waals surface area contributed by atoms with E-state index in [0.29, 0.717) is 5.71 Å². The van der Waals surface area contributed by atoms with Gasteiger partial charge in [0.25, 0.3) is 5.91 Å². The number of fused-ring (bicyclic) bond motifs is 1. The van der Waals surface area contributed by atoms with Crippen LogP contribution in [-0.4, -0.2) is 16.7 Å². The zero-order valence-corrected chi connectivity index (χ0v) is 9.71. The second kappa shape index (κ2) is 5.07. The van der Waals surface area contributed by atoms with Crippen LogP contribution in [-0.2, 0) is 21.9 Å². The number of carbonyl (C=O) groups is 1. The molecule has 0 unspecified atom stereocenters. The molecule has 16 heavy (non-hydrogen) atoms. The molecule has 0 aliphatic carbocycles. The van der Waals surface area contributed by atoms with E-state index in [-0.39, 0.29) is 28.1 Å². The summed E-state index contributed by atoms with van der Waals surface area (Å²) in [5.41, 5.74) is 9.39. The minimum Gasteiger partial charge on any atom is -0.375 e. The fourth-order valence-corrected chi connectivity index (χ4v) is 1.37. The van der Waals surface area contributed by atoms with Gasteiger partial charge in [0, 0.05) is 22.6 Å². The number of anilines is 1. The van der Waals surface area contributed by atoms with E-state index in [4.69, 9.17) is 5.73 Å². The molecule has 0 saturated carbocycles. The predicted molar refractivity (Wildman–Crippen MR) is 61.5 cm³/mol. The first-order valence-corrected chi connectivity index (χ1v) is 4.63. The van der Waals surface area contributed by atoms with Crippen LogP contribution in [0.2, 0.25) is 0 Å². The first kappa shape index (κ1) is 12.6. The van der Waals surface area contributed by atoms with E-state index in [2.05, 4.69) is 28.1 Å². The fourth-order valence-electron chi connectivity index (χ4n) is 1.32. The summed E-state index contributed by atoms with van der Waals surface area (Å²) in [5, 5.41) is 6.54. The van der Waals surface area contributed by atoms with Gasteiger partial charge < -0.3 is 11.1 Å². The Labute approximate surface area is 108 Å². The molecule has 1 amide bonds. The van der Waals surface area contributed by atoms with Gasteiger partial charge in [-0.1, -0.05) is 18.2 Å². The van der Waals surface area contributed by atoms with Crippen LogP contribution in [0.25, 0.3) is 0 Å². The van der Waals surface area contributed by atoms with Crippen LogP contribution in [0.4, 0.5) is 5.69 Å². The van der Waals surface area contributed by atoms with Crippen molar-refractivity contribution in [3.63, 3.8) is 0 Å². The van der Waals surface area contributed by atoms with Crippen molar-refractivity contribution in [3.05, 3.63) is 29.8 Å². The summed E-state index contributed by atoms with van der Waals surface area (Å²) in [6.45, 7) is 0. The fraction of sp³-hybridized carbons (Fsp3) is 0. The second-order valence-corrected chi connectivity index (χ2v) is 3.38. The van der Waals surface area contributed by atoms with Crippen molar-refractivity contribution in [1.29, 1.82) is 0 Å². The molecule has 0 bridgehead atoms. The van der Waals surface area contributed by atoms with E-state index in [1.807, 2.05) is 12.1 Å². The van der Waals surface area contributed by atoms with Gasteiger partial charge in [0.2, 0.25) is 0 Å². The van der Waals surface area contributed by atoms with Crippen LogP contribution in [0.15, 0.2) is 29.4 Å². The number of para-hydroxylation sites is 1. The first-order valence-electron chi connectivity index (χ1n) is 4.22. The zero-order valence-electron chi connectivity index (χ0n) is 7.95. The molecule has 0 aromatic heterocycles. The van der Waals surface area contributed by atoms with Crippen molar-refractivity contribution in [2.75, 3.05) is 5.32 Å². The second-order valence-electron chi connectivity index (χ2n) is 2.94. The molecule has 0 spiro atoms. The number of benzene rings is 1. The summed E-state index contributed by atoms with van der Waals surface area (Å²) in [6.07, 6.45) is 0. The quantitative estimate of drug-likeness (QED) is 0.390. The van der Waals surface area contributed by atoms with Crippen LogP contribution in [0.1, 0.15) is 5.56 Å². The Balaban J connectivity index is 0.00000128. The monoisotopic (exact) mass is 283 g/mol. The Morgan fingerprint density at radius 1 is 1.44 bits per heavy atom. The van der Waals surface area contributed by atoms with E-state index >= 15 is 0 Å². The van der Waals surface area contributed by atoms with Crippen molar-refractivity contribution < 1.29 is 21.9 Å². The van der Waals surface area contributed by atoms with Crippen molar-refractivity contribution in [2.24, 2.45) is 10.8 Å². The average molecular weight is 284 g/mol. The summed E-state index contributed by atoms with van der Waals surface area (Å²) >= 11 is 4.60. The molecule has 0 fully saturated rings. The molecule has 1 aromatic carbocycles. The number of hydrogen-bond donors (Lipinski definition) is 3. The van der Waals surface area contributed by atoms with Crippen LogP contribution >= 0.6 is 12.2 Å². The van der Waals surface area contributed by atoms with Gasteiger partial charge in [-0.3, -0.25) is 10.2 Å². The van der Waals surface area contributed by atoms with Crippen LogP contribution in [0, 0.1) is 0 Å². The number of thiocarbonyl (C=S) groups is 1. The third-order valence-corrected chi connectivity index (χ3v) is 2.01. The van der Waals surface area contributed by atoms with E-state index in [9.17, 15) is 4.79 Å². The average Bonchev–Trinajstić information content (AvgIpc) is 2.50. The maximum Gasteiger partial charge on any atom is 0.276 e. The maximum absolute atomic E-state index is 11.5. The molecule has 1 aliphatic rings. The molecule has 1 aliphatic heterocycles. The number of nitrogens with one attached hydrogen (secondary N) is 2. The third kappa shape index (κ3) is 2.38. The minimum absolute atomic E-state index is 0. The Bertz CT molecular complexity index is 474. The van der Waals surface area contributed by atoms with Crippen molar-refractivity contribution in [1.82, 2.24) is 5.43 Å². The summed E-state index contributed by atoms with van der Waals surface area (Å²) in [7, 11) is 0. The van der Waals surface area contributed by atoms with Crippen molar-refractivity contribution >= 4 is 34.6 Å². The molecule has 4 N–H and O–H groups in total. The smallest absolute Gasteiger partial charge is 0.276 e. The predicted octanol–water partition coefficient (Wildman–Crippen LogP) is 0.173. The largest absolute Gasteiger partial charge is 0.375 e. The van der Waals surface area contributed by atoms with Gasteiger partial charge in [-0.25, -0.2) is 0 Å². The first-order chi connectivity index (χ1) is 7.18. The number of nitrogens with zero attached hydrogens (tertiary/aromatic N) is 1. The molecule has 0 atom stereocenters.